The van der Waals surface area contributed by atoms with Crippen LogP contribution in [0.15, 0.2) is 0 Å². The molecule has 2 aliphatic rings. The van der Waals surface area contributed by atoms with Crippen LogP contribution in [0.25, 0.3) is 0 Å². The minimum absolute atomic E-state index is 0.00368. The molecule has 0 unspecified atom stereocenters. The molecule has 56 heteroatoms. The average molecular weight is 2060 g/mol. The van der Waals surface area contributed by atoms with Crippen LogP contribution in [0.2, 0.25) is 0 Å². The zero-order chi connectivity index (χ0) is 108. The summed E-state index contributed by atoms with van der Waals surface area (Å²) in [5.74, 6) is -26.7. The lowest BCUT2D eigenvalue weighted by atomic mass is 10.0. The number of unbranched alkanes of at least 4 members (excludes halogenated alkanes) is 1. The number of hydrogen-bond donors (Lipinski definition) is 29. The van der Waals surface area contributed by atoms with E-state index in [4.69, 9.17) is 28.0 Å². The van der Waals surface area contributed by atoms with Crippen LogP contribution < -0.4 is 119 Å². The van der Waals surface area contributed by atoms with Crippen molar-refractivity contribution in [2.24, 2.45) is 40.7 Å². The topological polar surface area (TPSA) is 858 Å². The molecule has 0 bridgehead atoms. The van der Waals surface area contributed by atoms with Crippen LogP contribution in [0.1, 0.15) is 186 Å². The molecule has 0 aromatic rings. The number of likely N-dealkylation sites (tertiary alicyclic amines) is 2. The van der Waals surface area contributed by atoms with E-state index in [1.54, 1.807) is 47.8 Å². The molecule has 32 N–H and O–H groups in total. The van der Waals surface area contributed by atoms with Gasteiger partial charge in [-0.3, -0.25) is 115 Å². The number of nitrogens with two attached hydrogens (primary N) is 4. The molecule has 0 aliphatic carbocycles. The summed E-state index contributed by atoms with van der Waals surface area (Å²) >= 11 is 5.34. The number of rotatable bonds is 65. The molecule has 142 heavy (non-hydrogen) atoms. The van der Waals surface area contributed by atoms with Crippen LogP contribution in [0.4, 0.5) is 0 Å². The number of nitrogens with zero attached hydrogens (tertiary/aromatic N) is 2. The van der Waals surface area contributed by atoms with E-state index < -0.39 is 345 Å². The first-order valence-electron chi connectivity index (χ1n) is 46.6. The van der Waals surface area contributed by atoms with Gasteiger partial charge in [-0.25, -0.2) is 0 Å². The predicted octanol–water partition coefficient (Wildman–Crippen LogP) is -11.8. The van der Waals surface area contributed by atoms with Gasteiger partial charge >= 0.3 is 11.9 Å². The Labute approximate surface area is 830 Å². The third-order valence-electron chi connectivity index (χ3n) is 22.3. The Morgan fingerprint density at radius 2 is 0.754 bits per heavy atom. The van der Waals surface area contributed by atoms with Gasteiger partial charge in [0, 0.05) is 31.7 Å². The number of aliphatic hydroxyl groups is 4. The van der Waals surface area contributed by atoms with Crippen LogP contribution in [-0.4, -0.2) is 373 Å². The summed E-state index contributed by atoms with van der Waals surface area (Å²) in [6.07, 6.45) is -3.05. The first-order valence-corrected chi connectivity index (χ1v) is 48.7. The predicted molar refractivity (Wildman–Crippen MR) is 509 cm³/mol. The number of carboxylic acids is 2. The van der Waals surface area contributed by atoms with E-state index in [1.807, 2.05) is 0 Å². The normalized spacial score (nSPS) is 17.4. The van der Waals surface area contributed by atoms with Crippen LogP contribution in [0.3, 0.4) is 0 Å². The van der Waals surface area contributed by atoms with Crippen LogP contribution in [0, 0.1) is 17.8 Å². The summed E-state index contributed by atoms with van der Waals surface area (Å²) in [5.41, 5.74) is 22.4. The molecular formula is C86H146N24O30S2. The van der Waals surface area contributed by atoms with E-state index in [2.05, 4.69) is 108 Å². The highest BCUT2D eigenvalue weighted by molar-refractivity contribution is 7.98. The van der Waals surface area contributed by atoms with Gasteiger partial charge in [-0.2, -0.15) is 24.4 Å². The SMILES string of the molecule is CSCC[C@H](NC(=O)[C@H](CCC(N)=O)NC(=O)[C@H](C)NC(=O)[C@H](C)NC(=O)[C@H](C)NC(=O)[C@H](CO)NC(=O)[C@H](CC(C)C)NC(=O)[C@H](CC(=O)O)NC(=O)[C@H](CC(C)C)NC(=O)[C@H](CO)NC(=O)[C@H](CCC(N)=O)NC(=O)[C@H](CC(C)C)NC(=O)[C@@H](N)CCCCN)C(=O)N[C@H](C(=O)N[C@@H](CS)C(=O)NCC(=O)N[C@H](C(=O)N1CCC[C@H]1C(=O)N1CCC[C@H]1C(=O)NCC(=O)N[C@@H](C)C(=O)O)[C@@H](C)O)[C@@H](C)O. The molecule has 0 aromatic heterocycles. The fourth-order valence-electron chi connectivity index (χ4n) is 14.4. The average Bonchev–Trinajstić information content (AvgIpc) is 1.65. The highest BCUT2D eigenvalue weighted by Crippen LogP contribution is 2.27. The highest BCUT2D eigenvalue weighted by atomic mass is 32.2. The number of primary amides is 2. The number of nitrogens with one attached hydrogen (secondary N) is 18. The van der Waals surface area contributed by atoms with Crippen LogP contribution >= 0.6 is 24.4 Å². The molecule has 2 fully saturated rings. The maximum atomic E-state index is 14.2. The van der Waals surface area contributed by atoms with Crippen LogP contribution in [0.5, 0.6) is 0 Å². The van der Waals surface area contributed by atoms with E-state index in [9.17, 15) is 141 Å². The van der Waals surface area contributed by atoms with Gasteiger partial charge in [0.15, 0.2) is 0 Å². The molecule has 0 saturated carbocycles. The number of amides is 22. The van der Waals surface area contributed by atoms with E-state index >= 15 is 0 Å². The Morgan fingerprint density at radius 3 is 1.18 bits per heavy atom. The Morgan fingerprint density at radius 1 is 0.387 bits per heavy atom. The fourth-order valence-corrected chi connectivity index (χ4v) is 15.2. The zero-order valence-corrected chi connectivity index (χ0v) is 83.8. The van der Waals surface area contributed by atoms with Crippen molar-refractivity contribution in [1.82, 2.24) is 106 Å². The largest absolute Gasteiger partial charge is 0.481 e. The summed E-state index contributed by atoms with van der Waals surface area (Å²) in [6.45, 7) is 13.5. The Kier molecular flexibility index (Phi) is 56.3. The van der Waals surface area contributed by atoms with Gasteiger partial charge in [0.05, 0.1) is 51.0 Å². The van der Waals surface area contributed by atoms with E-state index in [0.717, 1.165) is 32.6 Å². The molecule has 802 valence electrons. The van der Waals surface area contributed by atoms with Gasteiger partial charge in [-0.1, -0.05) is 48.0 Å². The number of thioether (sulfide) groups is 1. The van der Waals surface area contributed by atoms with Crippen molar-refractivity contribution < 1.29 is 146 Å². The van der Waals surface area contributed by atoms with Crippen molar-refractivity contribution in [2.45, 2.75) is 313 Å². The third kappa shape index (κ3) is 44.5. The smallest absolute Gasteiger partial charge is 0.325 e. The van der Waals surface area contributed by atoms with Gasteiger partial charge in [-0.05, 0) is 155 Å². The van der Waals surface area contributed by atoms with Crippen molar-refractivity contribution in [1.29, 1.82) is 0 Å². The molecule has 2 saturated heterocycles. The second-order valence-corrected chi connectivity index (χ2v) is 37.3. The zero-order valence-electron chi connectivity index (χ0n) is 82.1. The maximum absolute atomic E-state index is 14.2. The van der Waals surface area contributed by atoms with E-state index in [1.165, 1.54) is 30.5 Å². The first kappa shape index (κ1) is 126. The molecule has 22 amide bonds. The molecule has 2 rings (SSSR count). The van der Waals surface area contributed by atoms with Crippen molar-refractivity contribution >= 4 is 166 Å². The van der Waals surface area contributed by atoms with E-state index in [-0.39, 0.29) is 69.7 Å². The second-order valence-electron chi connectivity index (χ2n) is 36.0. The third-order valence-corrected chi connectivity index (χ3v) is 23.3. The van der Waals surface area contributed by atoms with Crippen molar-refractivity contribution in [3.05, 3.63) is 0 Å². The number of carboxylic acid groups (broad SMARTS) is 2. The van der Waals surface area contributed by atoms with Gasteiger partial charge in [0.25, 0.3) is 0 Å². The number of carbonyl (C=O) groups is 24. The molecule has 0 radical (unpaired) electrons. The molecule has 2 heterocycles. The van der Waals surface area contributed by atoms with Gasteiger partial charge in [0.1, 0.15) is 109 Å². The Hall–Kier alpha value is -12.3. The minimum Gasteiger partial charge on any atom is -0.481 e. The lowest BCUT2D eigenvalue weighted by molar-refractivity contribution is -0.149. The summed E-state index contributed by atoms with van der Waals surface area (Å²) < 4.78 is 0. The van der Waals surface area contributed by atoms with Crippen molar-refractivity contribution in [3.8, 4) is 0 Å². The molecule has 54 nitrogen and oxygen atoms in total. The number of aliphatic carboxylic acids is 2. The number of aliphatic hydroxyl groups excluding tert-OH is 4. The van der Waals surface area contributed by atoms with Crippen molar-refractivity contribution in [2.75, 3.05) is 63.7 Å². The molecular weight excluding hydrogens is 1910 g/mol. The monoisotopic (exact) mass is 2060 g/mol. The molecule has 0 aromatic carbocycles. The van der Waals surface area contributed by atoms with Gasteiger partial charge < -0.3 is 159 Å². The summed E-state index contributed by atoms with van der Waals surface area (Å²) in [5, 5.41) is 103. The minimum atomic E-state index is -2.02. The molecule has 0 spiro atoms. The Balaban J connectivity index is 2.20. The second kappa shape index (κ2) is 63.6. The number of thiol groups is 1. The summed E-state index contributed by atoms with van der Waals surface area (Å²) in [6, 6.07) is -29.6. The summed E-state index contributed by atoms with van der Waals surface area (Å²) in [4.78, 5) is 324. The quantitative estimate of drug-likeness (QED) is 0.0199. The lowest BCUT2D eigenvalue weighted by Gasteiger charge is -2.33. The van der Waals surface area contributed by atoms with Gasteiger partial charge in [0.2, 0.25) is 130 Å². The maximum Gasteiger partial charge on any atom is 0.325 e. The van der Waals surface area contributed by atoms with Crippen LogP contribution in [-0.2, 0) is 115 Å². The molecule has 21 atom stereocenters. The number of hydrogen-bond acceptors (Lipinski definition) is 32. The van der Waals surface area contributed by atoms with Gasteiger partial charge in [-0.15, -0.1) is 0 Å². The fraction of sp³-hybridized carbons (Fsp3) is 0.721. The molecule has 2 aliphatic heterocycles. The standard InChI is InChI=1S/C86H146N24O30S2/c1-39(2)30-52(100-71(124)48(88)18-14-15-26-87)76(129)98-50(22-24-62(90)116)74(127)104-57(37-112)81(134)102-53(31-40(3)4)77(130)103-55(33-65(119)120)79(132)101-54(32-41(5)6)78(131)105-56(36-111)80(133)96-43(8)69(122)94-42(7)68(121)95-44(9)70(123)97-49(21-23-61(89)115)73(126)99-51(25-29-142-13)75(128)108-66(46(11)113)83(136)106-58(38-141)72(125)91-35-64(118)107-67(47(12)114)85(138)110-28-17-20-60(110)84(137)109-27-16-19-59(109)82(135)92-34-63(117)93-45(10)86(139)140/h39-60,66-67,111-114,141H,14-38,87-88H2,1-13H3,(H2,89,115)(H2,90,116)(H,91,125)(H,92,135)(H,93,117)(H,94,122)(H,95,121)(H,96,133)(H,97,123)(H,98,129)(H,99,126)(H,100,124)(H,101,132)(H,102,134)(H,103,130)(H,104,127)(H,105,131)(H,106,136)(H,107,118)(H,108,128)(H,119,120)(H,139,140)/t42-,43-,44-,45-,46+,47+,48-,49-,50-,51-,52-,53-,54-,55-,56-,57-,58-,59-,60-,66-,67-/m0/s1. The van der Waals surface area contributed by atoms with E-state index in [0.29, 0.717) is 32.2 Å². The summed E-state index contributed by atoms with van der Waals surface area (Å²) in [7, 11) is 0. The Bertz CT molecular complexity index is 4380. The highest BCUT2D eigenvalue weighted by Gasteiger charge is 2.46. The van der Waals surface area contributed by atoms with Crippen molar-refractivity contribution in [3.63, 3.8) is 0 Å². The lowest BCUT2D eigenvalue weighted by Crippen LogP contribution is -2.62. The first-order chi connectivity index (χ1) is 66.5. The number of carbonyl (C=O) groups excluding carboxylic acids is 22.